The molecule has 12 heteroatoms. The van der Waals surface area contributed by atoms with Gasteiger partial charge in [0.2, 0.25) is 5.91 Å². The Labute approximate surface area is 279 Å². The van der Waals surface area contributed by atoms with Crippen LogP contribution in [-0.4, -0.2) is 97.6 Å². The van der Waals surface area contributed by atoms with Crippen molar-refractivity contribution < 1.29 is 28.6 Å². The van der Waals surface area contributed by atoms with Crippen molar-refractivity contribution in [2.24, 2.45) is 11.8 Å². The molecule has 2 atom stereocenters. The van der Waals surface area contributed by atoms with Crippen LogP contribution in [0.1, 0.15) is 104 Å². The Morgan fingerprint density at radius 3 is 2.38 bits per heavy atom. The standard InChI is InChI=1S/C35H54N6O6/c1-23(2)20-41(30(43)27-19-37-31(33(3,4)5)38-28(27)36-18-26-11-10-16-46-26)25-17-24(21-40(22-25)32(44)47-34(6,7)8)29(42)39-14-12-35(9,45)13-15-39/h10-11,16,19,23-25,45H,12-15,17-18,20-22H2,1-9H3,(H,36,37,38)/t24-,25+/m1/s1. The van der Waals surface area contributed by atoms with Crippen molar-refractivity contribution in [3.63, 3.8) is 0 Å². The Morgan fingerprint density at radius 2 is 1.81 bits per heavy atom. The number of carbonyl (C=O) groups excluding carboxylic acids is 3. The summed E-state index contributed by atoms with van der Waals surface area (Å²) in [6.45, 7) is 19.3. The second-order valence-corrected chi connectivity index (χ2v) is 15.8. The van der Waals surface area contributed by atoms with E-state index in [4.69, 9.17) is 14.1 Å². The normalized spacial score (nSPS) is 20.2. The molecule has 0 unspecified atom stereocenters. The number of anilines is 1. The minimum absolute atomic E-state index is 0.0747. The fourth-order valence-corrected chi connectivity index (χ4v) is 5.98. The minimum atomic E-state index is -0.803. The summed E-state index contributed by atoms with van der Waals surface area (Å²) in [5.74, 6) is 0.886. The lowest BCUT2D eigenvalue weighted by Gasteiger charge is -2.45. The van der Waals surface area contributed by atoms with E-state index in [1.54, 1.807) is 40.1 Å². The number of aliphatic hydroxyl groups is 1. The van der Waals surface area contributed by atoms with Crippen LogP contribution in [-0.2, 0) is 21.5 Å². The maximum Gasteiger partial charge on any atom is 0.410 e. The summed E-state index contributed by atoms with van der Waals surface area (Å²) in [7, 11) is 0. The van der Waals surface area contributed by atoms with Crippen LogP contribution >= 0.6 is 0 Å². The van der Waals surface area contributed by atoms with E-state index in [-0.39, 0.29) is 36.2 Å². The predicted octanol–water partition coefficient (Wildman–Crippen LogP) is 5.08. The Kier molecular flexibility index (Phi) is 10.9. The Bertz CT molecular complexity index is 1380. The zero-order chi connectivity index (χ0) is 34.7. The van der Waals surface area contributed by atoms with Crippen LogP contribution < -0.4 is 5.32 Å². The fraction of sp³-hybridized carbons (Fsp3) is 0.686. The van der Waals surface area contributed by atoms with E-state index in [2.05, 4.69) is 10.3 Å². The van der Waals surface area contributed by atoms with Crippen molar-refractivity contribution in [3.05, 3.63) is 41.7 Å². The van der Waals surface area contributed by atoms with Crippen LogP contribution in [0.4, 0.5) is 10.6 Å². The van der Waals surface area contributed by atoms with Gasteiger partial charge in [-0.2, -0.15) is 0 Å². The van der Waals surface area contributed by atoms with E-state index in [1.807, 2.05) is 61.5 Å². The van der Waals surface area contributed by atoms with Crippen LogP contribution in [0, 0.1) is 11.8 Å². The Morgan fingerprint density at radius 1 is 1.13 bits per heavy atom. The average molecular weight is 655 g/mol. The van der Waals surface area contributed by atoms with Gasteiger partial charge in [-0.05, 0) is 65.0 Å². The number of rotatable bonds is 8. The number of piperidine rings is 2. The van der Waals surface area contributed by atoms with Crippen LogP contribution in [0.5, 0.6) is 0 Å². The van der Waals surface area contributed by atoms with Gasteiger partial charge in [0.15, 0.2) is 0 Å². The molecule has 260 valence electrons. The number of aromatic nitrogens is 2. The molecule has 2 aromatic rings. The van der Waals surface area contributed by atoms with Crippen LogP contribution in [0.15, 0.2) is 29.0 Å². The molecule has 2 N–H and O–H groups in total. The molecule has 0 radical (unpaired) electrons. The van der Waals surface area contributed by atoms with Crippen LogP contribution in [0.25, 0.3) is 0 Å². The van der Waals surface area contributed by atoms with E-state index in [0.717, 1.165) is 0 Å². The van der Waals surface area contributed by atoms with Gasteiger partial charge in [-0.1, -0.05) is 34.6 Å². The molecule has 4 rings (SSSR count). The summed E-state index contributed by atoms with van der Waals surface area (Å²) < 4.78 is 11.3. The topological polar surface area (TPSA) is 141 Å². The number of hydrogen-bond donors (Lipinski definition) is 2. The van der Waals surface area contributed by atoms with E-state index >= 15 is 0 Å². The van der Waals surface area contributed by atoms with Crippen molar-refractivity contribution in [2.75, 3.05) is 38.0 Å². The van der Waals surface area contributed by atoms with E-state index in [9.17, 15) is 19.5 Å². The lowest BCUT2D eigenvalue weighted by molar-refractivity contribution is -0.141. The highest BCUT2D eigenvalue weighted by atomic mass is 16.6. The smallest absolute Gasteiger partial charge is 0.410 e. The molecule has 0 spiro atoms. The third kappa shape index (κ3) is 9.68. The first kappa shape index (κ1) is 36.2. The molecule has 0 bridgehead atoms. The highest BCUT2D eigenvalue weighted by Crippen LogP contribution is 2.30. The van der Waals surface area contributed by atoms with Crippen LogP contribution in [0.2, 0.25) is 0 Å². The minimum Gasteiger partial charge on any atom is -0.467 e. The van der Waals surface area contributed by atoms with Gasteiger partial charge in [0.05, 0.1) is 30.4 Å². The first-order chi connectivity index (χ1) is 21.8. The molecule has 2 aliphatic heterocycles. The highest BCUT2D eigenvalue weighted by molar-refractivity contribution is 5.98. The number of nitrogens with zero attached hydrogens (tertiary/aromatic N) is 5. The summed E-state index contributed by atoms with van der Waals surface area (Å²) in [5, 5.41) is 13.8. The van der Waals surface area contributed by atoms with Gasteiger partial charge in [0.1, 0.15) is 28.6 Å². The van der Waals surface area contributed by atoms with Crippen molar-refractivity contribution in [2.45, 2.75) is 111 Å². The molecule has 3 amide bonds. The van der Waals surface area contributed by atoms with Crippen molar-refractivity contribution in [1.82, 2.24) is 24.7 Å². The Balaban J connectivity index is 1.68. The molecule has 2 aromatic heterocycles. The summed E-state index contributed by atoms with van der Waals surface area (Å²) in [6, 6.07) is 3.18. The van der Waals surface area contributed by atoms with Crippen molar-refractivity contribution >= 4 is 23.7 Å². The first-order valence-corrected chi connectivity index (χ1v) is 16.8. The number of likely N-dealkylation sites (tertiary alicyclic amines) is 2. The molecule has 0 aromatic carbocycles. The number of ether oxygens (including phenoxy) is 1. The second kappa shape index (κ2) is 14.2. The molecular formula is C35H54N6O6. The third-order valence-electron chi connectivity index (χ3n) is 8.55. The van der Waals surface area contributed by atoms with E-state index in [1.165, 1.54) is 0 Å². The second-order valence-electron chi connectivity index (χ2n) is 15.8. The predicted molar refractivity (Wildman–Crippen MR) is 179 cm³/mol. The highest BCUT2D eigenvalue weighted by Gasteiger charge is 2.42. The lowest BCUT2D eigenvalue weighted by atomic mass is 9.89. The van der Waals surface area contributed by atoms with Gasteiger partial charge in [0, 0.05) is 44.3 Å². The van der Waals surface area contributed by atoms with Gasteiger partial charge >= 0.3 is 6.09 Å². The molecule has 0 saturated carbocycles. The molecule has 47 heavy (non-hydrogen) atoms. The maximum absolute atomic E-state index is 14.6. The zero-order valence-electron chi connectivity index (χ0n) is 29.6. The summed E-state index contributed by atoms with van der Waals surface area (Å²) in [5.41, 5.74) is -1.58. The summed E-state index contributed by atoms with van der Waals surface area (Å²) in [6.07, 6.45) is 4.01. The molecule has 2 aliphatic rings. The molecular weight excluding hydrogens is 600 g/mol. The number of hydrogen-bond acceptors (Lipinski definition) is 9. The van der Waals surface area contributed by atoms with Crippen molar-refractivity contribution in [1.29, 1.82) is 0 Å². The number of amides is 3. The van der Waals surface area contributed by atoms with Gasteiger partial charge in [0.25, 0.3) is 5.91 Å². The number of carbonyl (C=O) groups is 3. The SMILES string of the molecule is CC(C)CN(C(=O)c1cnc(C(C)(C)C)nc1NCc1ccco1)[C@H]1C[C@@H](C(=O)N2CCC(C)(O)CC2)CN(C(=O)OC(C)(C)C)C1. The molecule has 12 nitrogen and oxygen atoms in total. The molecule has 2 fully saturated rings. The van der Waals surface area contributed by atoms with Crippen molar-refractivity contribution in [3.8, 4) is 0 Å². The largest absolute Gasteiger partial charge is 0.467 e. The molecule has 4 heterocycles. The third-order valence-corrected chi connectivity index (χ3v) is 8.55. The average Bonchev–Trinajstić information content (AvgIpc) is 3.50. The zero-order valence-corrected chi connectivity index (χ0v) is 29.6. The summed E-state index contributed by atoms with van der Waals surface area (Å²) >= 11 is 0. The van der Waals surface area contributed by atoms with E-state index in [0.29, 0.717) is 68.4 Å². The monoisotopic (exact) mass is 654 g/mol. The number of nitrogens with one attached hydrogen (secondary N) is 1. The maximum atomic E-state index is 14.6. The Hall–Kier alpha value is -3.67. The van der Waals surface area contributed by atoms with Gasteiger partial charge < -0.3 is 34.3 Å². The molecule has 2 saturated heterocycles. The molecule has 0 aliphatic carbocycles. The quantitative estimate of drug-likeness (QED) is 0.399. The van der Waals surface area contributed by atoms with Gasteiger partial charge in [-0.25, -0.2) is 14.8 Å². The van der Waals surface area contributed by atoms with Gasteiger partial charge in [-0.15, -0.1) is 0 Å². The fourth-order valence-electron chi connectivity index (χ4n) is 5.98. The van der Waals surface area contributed by atoms with Crippen LogP contribution in [0.3, 0.4) is 0 Å². The van der Waals surface area contributed by atoms with E-state index < -0.39 is 29.3 Å². The van der Waals surface area contributed by atoms with Gasteiger partial charge in [-0.3, -0.25) is 9.59 Å². The number of furan rings is 1. The lowest BCUT2D eigenvalue weighted by Crippen LogP contribution is -2.58. The summed E-state index contributed by atoms with van der Waals surface area (Å²) in [4.78, 5) is 56.5. The first-order valence-electron chi connectivity index (χ1n) is 16.8.